The van der Waals surface area contributed by atoms with Crippen LogP contribution in [0.2, 0.25) is 0 Å². The molecule has 1 aromatic heterocycles. The summed E-state index contributed by atoms with van der Waals surface area (Å²) in [5, 5.41) is 11.1. The van der Waals surface area contributed by atoms with E-state index in [1.54, 1.807) is 0 Å². The zero-order valence-corrected chi connectivity index (χ0v) is 8.91. The van der Waals surface area contributed by atoms with Gasteiger partial charge in [-0.25, -0.2) is 13.6 Å². The van der Waals surface area contributed by atoms with Crippen molar-refractivity contribution >= 4 is 11.5 Å². The zero-order chi connectivity index (χ0) is 13.2. The maximum absolute atomic E-state index is 12.0. The molecule has 1 heterocycles. The van der Waals surface area contributed by atoms with Crippen molar-refractivity contribution in [1.82, 2.24) is 9.55 Å². The van der Waals surface area contributed by atoms with Gasteiger partial charge in [-0.1, -0.05) is 0 Å². The van der Waals surface area contributed by atoms with E-state index >= 15 is 0 Å². The Kier molecular flexibility index (Phi) is 3.84. The first kappa shape index (κ1) is 13.2. The van der Waals surface area contributed by atoms with Crippen LogP contribution in [0.25, 0.3) is 0 Å². The van der Waals surface area contributed by atoms with Gasteiger partial charge in [-0.3, -0.25) is 14.3 Å². The molecule has 0 saturated carbocycles. The summed E-state index contributed by atoms with van der Waals surface area (Å²) < 4.78 is 25.0. The minimum absolute atomic E-state index is 0.194. The molecule has 1 unspecified atom stereocenters. The fourth-order valence-corrected chi connectivity index (χ4v) is 1.10. The number of aliphatic hydroxyl groups is 1. The normalized spacial score (nSPS) is 12.8. The molecule has 0 aromatic carbocycles. The topological polar surface area (TPSA) is 113 Å². The van der Waals surface area contributed by atoms with E-state index in [0.717, 1.165) is 4.57 Å². The van der Waals surface area contributed by atoms with E-state index in [9.17, 15) is 18.4 Å². The van der Waals surface area contributed by atoms with E-state index in [1.165, 1.54) is 7.05 Å². The number of H-pyrrole nitrogens is 1. The third kappa shape index (κ3) is 2.81. The number of anilines is 2. The molecule has 1 atom stereocenters. The zero-order valence-electron chi connectivity index (χ0n) is 8.91. The quantitative estimate of drug-likeness (QED) is 0.530. The predicted octanol–water partition coefficient (Wildman–Crippen LogP) is -1.31. The standard InChI is InChI=1S/C8H12F2N4O3/c1-14-6(11)4(7(16)13-8(14)17)12-2-3(15)5(9)10/h3,5,12,15H,2,11H2,1H3,(H,13,16,17). The molecule has 0 saturated heterocycles. The lowest BCUT2D eigenvalue weighted by molar-refractivity contribution is 0.00383. The van der Waals surface area contributed by atoms with Crippen molar-refractivity contribution in [3.05, 3.63) is 20.8 Å². The summed E-state index contributed by atoms with van der Waals surface area (Å²) in [6.45, 7) is -0.552. The van der Waals surface area contributed by atoms with Crippen LogP contribution in [0, 0.1) is 0 Å². The van der Waals surface area contributed by atoms with Crippen LogP contribution in [0.5, 0.6) is 0 Å². The van der Waals surface area contributed by atoms with Gasteiger partial charge >= 0.3 is 5.69 Å². The van der Waals surface area contributed by atoms with Gasteiger partial charge < -0.3 is 16.2 Å². The van der Waals surface area contributed by atoms with Crippen LogP contribution in [0.4, 0.5) is 20.3 Å². The van der Waals surface area contributed by atoms with Gasteiger partial charge in [-0.2, -0.15) is 0 Å². The van der Waals surface area contributed by atoms with Crippen LogP contribution in [0.15, 0.2) is 9.59 Å². The van der Waals surface area contributed by atoms with Gasteiger partial charge in [0.25, 0.3) is 12.0 Å². The van der Waals surface area contributed by atoms with Crippen molar-refractivity contribution in [1.29, 1.82) is 0 Å². The molecular formula is C8H12F2N4O3. The second kappa shape index (κ2) is 4.95. The molecule has 7 nitrogen and oxygen atoms in total. The molecule has 5 N–H and O–H groups in total. The van der Waals surface area contributed by atoms with Crippen LogP contribution in [-0.4, -0.2) is 33.7 Å². The Labute approximate surface area is 93.9 Å². The highest BCUT2D eigenvalue weighted by molar-refractivity contribution is 5.60. The molecule has 0 amide bonds. The van der Waals surface area contributed by atoms with E-state index in [2.05, 4.69) is 5.32 Å². The van der Waals surface area contributed by atoms with Crippen molar-refractivity contribution in [3.8, 4) is 0 Å². The van der Waals surface area contributed by atoms with Gasteiger partial charge in [-0.05, 0) is 0 Å². The number of nitrogen functional groups attached to an aromatic ring is 1. The van der Waals surface area contributed by atoms with Gasteiger partial charge in [0, 0.05) is 13.6 Å². The fourth-order valence-electron chi connectivity index (χ4n) is 1.10. The van der Waals surface area contributed by atoms with Crippen LogP contribution in [0.3, 0.4) is 0 Å². The Balaban J connectivity index is 2.97. The average Bonchev–Trinajstić information content (AvgIpc) is 2.25. The Morgan fingerprint density at radius 2 is 2.12 bits per heavy atom. The molecule has 0 radical (unpaired) electrons. The molecule has 0 aliphatic carbocycles. The highest BCUT2D eigenvalue weighted by Gasteiger charge is 2.18. The summed E-state index contributed by atoms with van der Waals surface area (Å²) in [6.07, 6.45) is -4.86. The molecule has 1 aromatic rings. The third-order valence-electron chi connectivity index (χ3n) is 2.15. The van der Waals surface area contributed by atoms with Crippen LogP contribution in [0.1, 0.15) is 0 Å². The minimum atomic E-state index is -2.93. The molecule has 0 spiro atoms. The number of aromatic nitrogens is 2. The van der Waals surface area contributed by atoms with Gasteiger partial charge in [0.2, 0.25) is 0 Å². The summed E-state index contributed by atoms with van der Waals surface area (Å²) >= 11 is 0. The van der Waals surface area contributed by atoms with Crippen molar-refractivity contribution in [2.45, 2.75) is 12.5 Å². The minimum Gasteiger partial charge on any atom is -0.385 e. The Morgan fingerprint density at radius 1 is 1.53 bits per heavy atom. The molecule has 1 rings (SSSR count). The number of nitrogens with two attached hydrogens (primary N) is 1. The lowest BCUT2D eigenvalue weighted by Gasteiger charge is -2.13. The summed E-state index contributed by atoms with van der Waals surface area (Å²) in [5.74, 6) is -0.194. The molecule has 9 heteroatoms. The molecule has 0 fully saturated rings. The van der Waals surface area contributed by atoms with Crippen LogP contribution in [-0.2, 0) is 7.05 Å². The first-order chi connectivity index (χ1) is 7.84. The van der Waals surface area contributed by atoms with Gasteiger partial charge in [0.05, 0.1) is 0 Å². The fraction of sp³-hybridized carbons (Fsp3) is 0.500. The molecule has 96 valence electrons. The van der Waals surface area contributed by atoms with Gasteiger partial charge in [-0.15, -0.1) is 0 Å². The molecule has 0 aliphatic rings. The molecular weight excluding hydrogens is 238 g/mol. The second-order valence-electron chi connectivity index (χ2n) is 3.36. The molecule has 0 bridgehead atoms. The predicted molar refractivity (Wildman–Crippen MR) is 57.2 cm³/mol. The van der Waals surface area contributed by atoms with Crippen molar-refractivity contribution in [2.75, 3.05) is 17.6 Å². The number of alkyl halides is 2. The van der Waals surface area contributed by atoms with E-state index < -0.39 is 30.3 Å². The maximum atomic E-state index is 12.0. The summed E-state index contributed by atoms with van der Waals surface area (Å²) in [5.41, 5.74) is 3.69. The first-order valence-corrected chi connectivity index (χ1v) is 4.63. The Hall–Kier alpha value is -1.90. The number of rotatable bonds is 4. The lowest BCUT2D eigenvalue weighted by Crippen LogP contribution is -2.35. The SMILES string of the molecule is Cn1c(N)c(NCC(O)C(F)F)c(=O)[nH]c1=O. The second-order valence-corrected chi connectivity index (χ2v) is 3.36. The summed E-state index contributed by atoms with van der Waals surface area (Å²) in [7, 11) is 1.31. The number of nitrogens with one attached hydrogen (secondary N) is 2. The molecule has 17 heavy (non-hydrogen) atoms. The van der Waals surface area contributed by atoms with Crippen molar-refractivity contribution in [2.24, 2.45) is 7.05 Å². The maximum Gasteiger partial charge on any atom is 0.329 e. The average molecular weight is 250 g/mol. The number of halogens is 2. The number of hydrogen-bond acceptors (Lipinski definition) is 5. The van der Waals surface area contributed by atoms with Gasteiger partial charge in [0.15, 0.2) is 0 Å². The van der Waals surface area contributed by atoms with Crippen LogP contribution >= 0.6 is 0 Å². The smallest absolute Gasteiger partial charge is 0.329 e. The summed E-state index contributed by atoms with van der Waals surface area (Å²) in [6, 6.07) is 0. The number of aliphatic hydroxyl groups excluding tert-OH is 1. The largest absolute Gasteiger partial charge is 0.385 e. The Morgan fingerprint density at radius 3 is 2.65 bits per heavy atom. The van der Waals surface area contributed by atoms with Crippen molar-refractivity contribution < 1.29 is 13.9 Å². The third-order valence-corrected chi connectivity index (χ3v) is 2.15. The number of aromatic amines is 1. The van der Waals surface area contributed by atoms with E-state index in [1.807, 2.05) is 4.98 Å². The Bertz CT molecular complexity index is 510. The highest BCUT2D eigenvalue weighted by atomic mass is 19.3. The van der Waals surface area contributed by atoms with Crippen LogP contribution < -0.4 is 22.3 Å². The summed E-state index contributed by atoms with van der Waals surface area (Å²) in [4.78, 5) is 24.3. The molecule has 0 aliphatic heterocycles. The number of nitrogens with zero attached hydrogens (tertiary/aromatic N) is 1. The lowest BCUT2D eigenvalue weighted by atomic mass is 10.3. The highest BCUT2D eigenvalue weighted by Crippen LogP contribution is 2.09. The first-order valence-electron chi connectivity index (χ1n) is 4.63. The van der Waals surface area contributed by atoms with Gasteiger partial charge in [0.1, 0.15) is 17.6 Å². The number of hydrogen-bond donors (Lipinski definition) is 4. The van der Waals surface area contributed by atoms with E-state index in [4.69, 9.17) is 10.8 Å². The monoisotopic (exact) mass is 250 g/mol. The van der Waals surface area contributed by atoms with E-state index in [-0.39, 0.29) is 11.5 Å². The van der Waals surface area contributed by atoms with E-state index in [0.29, 0.717) is 0 Å². The van der Waals surface area contributed by atoms with Crippen molar-refractivity contribution in [3.63, 3.8) is 0 Å².